The van der Waals surface area contributed by atoms with Crippen LogP contribution >= 0.6 is 11.3 Å². The number of carbonyl (C=O) groups is 1. The van der Waals surface area contributed by atoms with Crippen molar-refractivity contribution >= 4 is 23.0 Å². The Bertz CT molecular complexity index is 578. The van der Waals surface area contributed by atoms with E-state index in [-0.39, 0.29) is 6.09 Å². The van der Waals surface area contributed by atoms with Crippen molar-refractivity contribution in [1.82, 2.24) is 4.90 Å². The zero-order valence-corrected chi connectivity index (χ0v) is 15.3. The van der Waals surface area contributed by atoms with Crippen LogP contribution in [0.3, 0.4) is 0 Å². The first-order valence-electron chi connectivity index (χ1n) is 7.94. The molecule has 2 heterocycles. The molecule has 0 aromatic carbocycles. The Hall–Kier alpha value is -1.29. The first-order chi connectivity index (χ1) is 10.2. The first-order valence-corrected chi connectivity index (χ1v) is 8.82. The second-order valence-electron chi connectivity index (χ2n) is 7.21. The lowest BCUT2D eigenvalue weighted by molar-refractivity contribution is 0.0270. The minimum atomic E-state index is -0.433. The molecule has 0 bridgehead atoms. The predicted molar refractivity (Wildman–Crippen MR) is 93.5 cm³/mol. The number of hydrogen-bond acceptors (Lipinski definition) is 3. The van der Waals surface area contributed by atoms with E-state index in [0.717, 1.165) is 13.0 Å². The standard InChI is InChI=1S/C18H27NO2S/c1-12(2)15-11-22-16(13(15)3)14-7-9-19(10-8-14)17(20)21-18(4,5)6/h7,11-12H,8-10H2,1-6H3. The maximum atomic E-state index is 12.1. The minimum Gasteiger partial charge on any atom is -0.444 e. The number of rotatable bonds is 2. The Morgan fingerprint density at radius 1 is 1.36 bits per heavy atom. The smallest absolute Gasteiger partial charge is 0.410 e. The molecule has 0 radical (unpaired) electrons. The largest absolute Gasteiger partial charge is 0.444 e. The highest BCUT2D eigenvalue weighted by Crippen LogP contribution is 2.35. The summed E-state index contributed by atoms with van der Waals surface area (Å²) >= 11 is 1.83. The van der Waals surface area contributed by atoms with Gasteiger partial charge in [-0.05, 0) is 62.1 Å². The normalized spacial score (nSPS) is 16.0. The highest BCUT2D eigenvalue weighted by Gasteiger charge is 2.25. The second kappa shape index (κ2) is 6.45. The van der Waals surface area contributed by atoms with Crippen LogP contribution in [-0.2, 0) is 4.74 Å². The third-order valence-corrected chi connectivity index (χ3v) is 5.03. The van der Waals surface area contributed by atoms with Crippen LogP contribution in [0.5, 0.6) is 0 Å². The summed E-state index contributed by atoms with van der Waals surface area (Å²) in [6.07, 6.45) is 2.86. The van der Waals surface area contributed by atoms with Gasteiger partial charge >= 0.3 is 6.09 Å². The zero-order chi connectivity index (χ0) is 16.5. The molecular weight excluding hydrogens is 294 g/mol. The van der Waals surface area contributed by atoms with E-state index in [1.165, 1.54) is 21.6 Å². The lowest BCUT2D eigenvalue weighted by Crippen LogP contribution is -2.39. The first kappa shape index (κ1) is 17.1. The van der Waals surface area contributed by atoms with Crippen LogP contribution in [-0.4, -0.2) is 29.7 Å². The number of hydrogen-bond donors (Lipinski definition) is 0. The average molecular weight is 321 g/mol. The molecule has 0 N–H and O–H groups in total. The summed E-state index contributed by atoms with van der Waals surface area (Å²) in [5.74, 6) is 0.562. The lowest BCUT2D eigenvalue weighted by Gasteiger charge is -2.29. The molecule has 0 aliphatic carbocycles. The molecule has 1 aromatic heterocycles. The van der Waals surface area contributed by atoms with Crippen molar-refractivity contribution in [1.29, 1.82) is 0 Å². The zero-order valence-electron chi connectivity index (χ0n) is 14.5. The monoisotopic (exact) mass is 321 g/mol. The summed E-state index contributed by atoms with van der Waals surface area (Å²) in [6.45, 7) is 13.8. The fraction of sp³-hybridized carbons (Fsp3) is 0.611. The molecule has 0 atom stereocenters. The number of nitrogens with zero attached hydrogens (tertiary/aromatic N) is 1. The molecule has 1 aliphatic rings. The van der Waals surface area contributed by atoms with E-state index >= 15 is 0 Å². The van der Waals surface area contributed by atoms with Gasteiger partial charge in [-0.2, -0.15) is 0 Å². The van der Waals surface area contributed by atoms with Gasteiger partial charge in [-0.3, -0.25) is 0 Å². The number of ether oxygens (including phenoxy) is 1. The van der Waals surface area contributed by atoms with Gasteiger partial charge in [0, 0.05) is 18.0 Å². The van der Waals surface area contributed by atoms with E-state index in [1.54, 1.807) is 4.90 Å². The topological polar surface area (TPSA) is 29.5 Å². The predicted octanol–water partition coefficient (Wildman–Crippen LogP) is 5.20. The van der Waals surface area contributed by atoms with Gasteiger partial charge in [0.1, 0.15) is 5.60 Å². The van der Waals surface area contributed by atoms with E-state index in [2.05, 4.69) is 32.2 Å². The molecule has 0 unspecified atom stereocenters. The Morgan fingerprint density at radius 2 is 2.05 bits per heavy atom. The van der Waals surface area contributed by atoms with Crippen LogP contribution in [0.2, 0.25) is 0 Å². The maximum Gasteiger partial charge on any atom is 0.410 e. The fourth-order valence-corrected chi connectivity index (χ4v) is 4.01. The molecule has 0 fully saturated rings. The van der Waals surface area contributed by atoms with E-state index in [9.17, 15) is 4.79 Å². The lowest BCUT2D eigenvalue weighted by atomic mass is 9.97. The molecule has 122 valence electrons. The van der Waals surface area contributed by atoms with Crippen LogP contribution in [0.25, 0.3) is 5.57 Å². The summed E-state index contributed by atoms with van der Waals surface area (Å²) in [5.41, 5.74) is 3.78. The van der Waals surface area contributed by atoms with E-state index in [1.807, 2.05) is 32.1 Å². The Labute approximate surface area is 138 Å². The van der Waals surface area contributed by atoms with Gasteiger partial charge in [0.2, 0.25) is 0 Å². The second-order valence-corrected chi connectivity index (χ2v) is 8.09. The SMILES string of the molecule is Cc1c(C(C)C)csc1C1=CCN(C(=O)OC(C)(C)C)CC1. The highest BCUT2D eigenvalue weighted by molar-refractivity contribution is 7.11. The molecule has 22 heavy (non-hydrogen) atoms. The van der Waals surface area contributed by atoms with Gasteiger partial charge in [-0.25, -0.2) is 4.79 Å². The van der Waals surface area contributed by atoms with Crippen molar-refractivity contribution in [3.63, 3.8) is 0 Å². The third-order valence-electron chi connectivity index (χ3n) is 3.85. The van der Waals surface area contributed by atoms with Crippen molar-refractivity contribution in [2.75, 3.05) is 13.1 Å². The highest BCUT2D eigenvalue weighted by atomic mass is 32.1. The molecule has 0 saturated heterocycles. The van der Waals surface area contributed by atoms with Crippen LogP contribution in [0.1, 0.15) is 63.0 Å². The molecular formula is C18H27NO2S. The molecule has 0 saturated carbocycles. The molecule has 1 aliphatic heterocycles. The fourth-order valence-electron chi connectivity index (χ4n) is 2.68. The van der Waals surface area contributed by atoms with Crippen molar-refractivity contribution < 1.29 is 9.53 Å². The van der Waals surface area contributed by atoms with Crippen LogP contribution in [0, 0.1) is 6.92 Å². The quantitative estimate of drug-likeness (QED) is 0.749. The Kier molecular flexibility index (Phi) is 5.00. The van der Waals surface area contributed by atoms with Gasteiger partial charge in [0.15, 0.2) is 0 Å². The number of amides is 1. The Morgan fingerprint density at radius 3 is 2.50 bits per heavy atom. The van der Waals surface area contributed by atoms with Crippen molar-refractivity contribution in [2.24, 2.45) is 0 Å². The number of carbonyl (C=O) groups excluding carboxylic acids is 1. The summed E-state index contributed by atoms with van der Waals surface area (Å²) in [7, 11) is 0. The summed E-state index contributed by atoms with van der Waals surface area (Å²) in [4.78, 5) is 15.3. The van der Waals surface area contributed by atoms with Gasteiger partial charge < -0.3 is 9.64 Å². The van der Waals surface area contributed by atoms with Crippen LogP contribution in [0.4, 0.5) is 4.79 Å². The van der Waals surface area contributed by atoms with E-state index < -0.39 is 5.60 Å². The van der Waals surface area contributed by atoms with Gasteiger partial charge in [-0.1, -0.05) is 19.9 Å². The average Bonchev–Trinajstić information content (AvgIpc) is 2.79. The van der Waals surface area contributed by atoms with Crippen LogP contribution in [0.15, 0.2) is 11.5 Å². The minimum absolute atomic E-state index is 0.214. The van der Waals surface area contributed by atoms with Crippen molar-refractivity contribution in [3.8, 4) is 0 Å². The molecule has 2 rings (SSSR count). The third kappa shape index (κ3) is 3.92. The van der Waals surface area contributed by atoms with Crippen molar-refractivity contribution in [2.45, 2.75) is 59.5 Å². The molecule has 4 heteroatoms. The molecule has 3 nitrogen and oxygen atoms in total. The van der Waals surface area contributed by atoms with Gasteiger partial charge in [0.05, 0.1) is 0 Å². The number of thiophene rings is 1. The van der Waals surface area contributed by atoms with Crippen LogP contribution < -0.4 is 0 Å². The molecule has 1 amide bonds. The maximum absolute atomic E-state index is 12.1. The van der Waals surface area contributed by atoms with E-state index in [0.29, 0.717) is 12.5 Å². The summed E-state index contributed by atoms with van der Waals surface area (Å²) in [5, 5.41) is 2.27. The molecule has 1 aromatic rings. The van der Waals surface area contributed by atoms with Gasteiger partial charge in [-0.15, -0.1) is 11.3 Å². The molecule has 0 spiro atoms. The van der Waals surface area contributed by atoms with E-state index in [4.69, 9.17) is 4.74 Å². The van der Waals surface area contributed by atoms with Gasteiger partial charge in [0.25, 0.3) is 0 Å². The summed E-state index contributed by atoms with van der Waals surface area (Å²) < 4.78 is 5.44. The van der Waals surface area contributed by atoms with Crippen molar-refractivity contribution in [3.05, 3.63) is 27.5 Å². The Balaban J connectivity index is 2.07. The summed E-state index contributed by atoms with van der Waals surface area (Å²) in [6, 6.07) is 0.